The van der Waals surface area contributed by atoms with Crippen LogP contribution in [-0.2, 0) is 6.54 Å². The molecule has 1 fully saturated rings. The molecule has 1 aliphatic rings. The van der Waals surface area contributed by atoms with Crippen molar-refractivity contribution >= 4 is 28.7 Å². The number of anilines is 1. The van der Waals surface area contributed by atoms with Gasteiger partial charge in [-0.3, -0.25) is 4.57 Å². The minimum absolute atomic E-state index is 0.540. The largest absolute Gasteiger partial charge is 0.369 e. The quantitative estimate of drug-likeness (QED) is 0.934. The van der Waals surface area contributed by atoms with Crippen LogP contribution in [0, 0.1) is 11.8 Å². The van der Waals surface area contributed by atoms with Crippen LogP contribution < -0.4 is 5.73 Å². The van der Waals surface area contributed by atoms with Crippen molar-refractivity contribution in [2.75, 3.05) is 5.73 Å². The maximum atomic E-state index is 6.02. The average Bonchev–Trinajstić information content (AvgIpc) is 2.71. The fourth-order valence-corrected chi connectivity index (χ4v) is 3.51. The molecule has 0 radical (unpaired) electrons. The van der Waals surface area contributed by atoms with Gasteiger partial charge in [-0.05, 0) is 30.7 Å². The van der Waals surface area contributed by atoms with Crippen molar-refractivity contribution in [2.24, 2.45) is 11.8 Å². The molecule has 3 rings (SSSR count). The molecular formula is C15H21ClN4. The number of hydrogen-bond acceptors (Lipinski definition) is 3. The third-order valence-electron chi connectivity index (χ3n) is 4.39. The van der Waals surface area contributed by atoms with Crippen molar-refractivity contribution in [3.8, 4) is 0 Å². The Kier molecular flexibility index (Phi) is 3.83. The molecule has 2 aromatic rings. The predicted molar refractivity (Wildman–Crippen MR) is 82.7 cm³/mol. The predicted octanol–water partition coefficient (Wildman–Crippen LogP) is 3.88. The summed E-state index contributed by atoms with van der Waals surface area (Å²) >= 11 is 5.94. The van der Waals surface area contributed by atoms with Crippen LogP contribution in [0.1, 0.15) is 39.0 Å². The molecule has 0 saturated heterocycles. The van der Waals surface area contributed by atoms with Crippen LogP contribution in [0.5, 0.6) is 0 Å². The summed E-state index contributed by atoms with van der Waals surface area (Å²) in [5.41, 5.74) is 7.64. The Balaban J connectivity index is 1.75. The molecule has 5 heteroatoms. The number of aryl methyl sites for hydroxylation is 1. The molecular weight excluding hydrogens is 272 g/mol. The molecule has 2 unspecified atom stereocenters. The summed E-state index contributed by atoms with van der Waals surface area (Å²) in [7, 11) is 0. The van der Waals surface area contributed by atoms with Crippen LogP contribution in [0.3, 0.4) is 0 Å². The third kappa shape index (κ3) is 2.75. The van der Waals surface area contributed by atoms with Gasteiger partial charge in [0.1, 0.15) is 5.52 Å². The zero-order valence-corrected chi connectivity index (χ0v) is 12.6. The number of nitrogens with zero attached hydrogens (tertiary/aromatic N) is 3. The van der Waals surface area contributed by atoms with Crippen LogP contribution in [-0.4, -0.2) is 14.5 Å². The number of fused-ring (bicyclic) bond motifs is 1. The summed E-state index contributed by atoms with van der Waals surface area (Å²) in [4.78, 5) is 8.72. The topological polar surface area (TPSA) is 56.7 Å². The molecule has 2 atom stereocenters. The Bertz CT molecular complexity index is 607. The highest BCUT2D eigenvalue weighted by Crippen LogP contribution is 2.31. The number of hydrogen-bond donors (Lipinski definition) is 1. The van der Waals surface area contributed by atoms with Gasteiger partial charge in [-0.15, -0.1) is 0 Å². The number of halogens is 1. The first-order chi connectivity index (χ1) is 9.63. The lowest BCUT2D eigenvalue weighted by atomic mass is 9.81. The fourth-order valence-electron chi connectivity index (χ4n) is 3.36. The van der Waals surface area contributed by atoms with E-state index in [1.807, 2.05) is 10.6 Å². The number of aromatic nitrogens is 3. The van der Waals surface area contributed by atoms with Gasteiger partial charge in [-0.2, -0.15) is 0 Å². The average molecular weight is 293 g/mol. The zero-order chi connectivity index (χ0) is 14.1. The van der Waals surface area contributed by atoms with Crippen LogP contribution in [0.2, 0.25) is 5.02 Å². The van der Waals surface area contributed by atoms with Gasteiger partial charge in [0.15, 0.2) is 5.65 Å². The summed E-state index contributed by atoms with van der Waals surface area (Å²) in [5.74, 6) is 2.21. The van der Waals surface area contributed by atoms with E-state index in [1.54, 1.807) is 6.20 Å². The van der Waals surface area contributed by atoms with E-state index in [0.717, 1.165) is 36.0 Å². The molecule has 2 N–H and O–H groups in total. The van der Waals surface area contributed by atoms with Gasteiger partial charge in [0.05, 0.1) is 5.02 Å². The molecule has 1 aliphatic carbocycles. The Hall–Kier alpha value is -1.29. The molecule has 108 valence electrons. The number of nitrogens with two attached hydrogens (primary N) is 1. The Morgan fingerprint density at radius 1 is 1.45 bits per heavy atom. The lowest BCUT2D eigenvalue weighted by molar-refractivity contribution is 0.262. The molecule has 0 aliphatic heterocycles. The SMILES string of the molecule is CC1CCCC(CCn2c(N)nc3cc(Cl)cnc32)C1. The molecule has 20 heavy (non-hydrogen) atoms. The minimum atomic E-state index is 0.540. The van der Waals surface area contributed by atoms with Crippen LogP contribution in [0.15, 0.2) is 12.3 Å². The van der Waals surface area contributed by atoms with E-state index in [4.69, 9.17) is 17.3 Å². The first kappa shape index (κ1) is 13.7. The van der Waals surface area contributed by atoms with Crippen molar-refractivity contribution in [3.63, 3.8) is 0 Å². The standard InChI is InChI=1S/C15H21ClN4/c1-10-3-2-4-11(7-10)5-6-20-14-13(19-15(20)17)8-12(16)9-18-14/h8-11H,2-7H2,1H3,(H2,17,19). The van der Waals surface area contributed by atoms with E-state index in [2.05, 4.69) is 16.9 Å². The van der Waals surface area contributed by atoms with E-state index in [1.165, 1.54) is 25.7 Å². The highest BCUT2D eigenvalue weighted by Gasteiger charge is 2.19. The van der Waals surface area contributed by atoms with Gasteiger partial charge < -0.3 is 5.73 Å². The Labute approximate surface area is 124 Å². The highest BCUT2D eigenvalue weighted by atomic mass is 35.5. The van der Waals surface area contributed by atoms with Crippen LogP contribution in [0.25, 0.3) is 11.2 Å². The summed E-state index contributed by atoms with van der Waals surface area (Å²) in [6.45, 7) is 3.26. The zero-order valence-electron chi connectivity index (χ0n) is 11.8. The van der Waals surface area contributed by atoms with E-state index in [-0.39, 0.29) is 0 Å². The fraction of sp³-hybridized carbons (Fsp3) is 0.600. The first-order valence-corrected chi connectivity index (χ1v) is 7.78. The second kappa shape index (κ2) is 5.60. The maximum absolute atomic E-state index is 6.02. The first-order valence-electron chi connectivity index (χ1n) is 7.40. The normalized spacial score (nSPS) is 23.3. The van der Waals surface area contributed by atoms with Crippen molar-refractivity contribution in [2.45, 2.75) is 45.6 Å². The number of imidazole rings is 1. The van der Waals surface area contributed by atoms with E-state index < -0.39 is 0 Å². The molecule has 1 saturated carbocycles. The van der Waals surface area contributed by atoms with E-state index in [9.17, 15) is 0 Å². The Morgan fingerprint density at radius 2 is 2.30 bits per heavy atom. The van der Waals surface area contributed by atoms with E-state index >= 15 is 0 Å². The second-order valence-corrected chi connectivity index (χ2v) is 6.48. The molecule has 0 aromatic carbocycles. The van der Waals surface area contributed by atoms with Gasteiger partial charge in [-0.1, -0.05) is 37.8 Å². The van der Waals surface area contributed by atoms with Crippen molar-refractivity contribution in [1.29, 1.82) is 0 Å². The second-order valence-electron chi connectivity index (χ2n) is 6.04. The van der Waals surface area contributed by atoms with E-state index in [0.29, 0.717) is 11.0 Å². The minimum Gasteiger partial charge on any atom is -0.369 e. The Morgan fingerprint density at radius 3 is 3.10 bits per heavy atom. The van der Waals surface area contributed by atoms with Crippen molar-refractivity contribution in [1.82, 2.24) is 14.5 Å². The molecule has 0 bridgehead atoms. The molecule has 2 heterocycles. The summed E-state index contributed by atoms with van der Waals surface area (Å²) in [6, 6.07) is 1.82. The maximum Gasteiger partial charge on any atom is 0.202 e. The van der Waals surface area contributed by atoms with Crippen molar-refractivity contribution < 1.29 is 0 Å². The van der Waals surface area contributed by atoms with Gasteiger partial charge >= 0.3 is 0 Å². The molecule has 0 spiro atoms. The summed E-state index contributed by atoms with van der Waals surface area (Å²) < 4.78 is 2.02. The number of pyridine rings is 1. The van der Waals surface area contributed by atoms with Crippen LogP contribution in [0.4, 0.5) is 5.95 Å². The smallest absolute Gasteiger partial charge is 0.202 e. The highest BCUT2D eigenvalue weighted by molar-refractivity contribution is 6.31. The van der Waals surface area contributed by atoms with Crippen molar-refractivity contribution in [3.05, 3.63) is 17.3 Å². The number of nitrogen functional groups attached to an aromatic ring is 1. The van der Waals surface area contributed by atoms with Gasteiger partial charge in [0, 0.05) is 12.7 Å². The third-order valence-corrected chi connectivity index (χ3v) is 4.59. The monoisotopic (exact) mass is 292 g/mol. The number of rotatable bonds is 3. The lowest BCUT2D eigenvalue weighted by Crippen LogP contribution is -2.16. The van der Waals surface area contributed by atoms with Gasteiger partial charge in [0.25, 0.3) is 0 Å². The van der Waals surface area contributed by atoms with Gasteiger partial charge in [-0.25, -0.2) is 9.97 Å². The molecule has 2 aromatic heterocycles. The summed E-state index contributed by atoms with van der Waals surface area (Å²) in [5, 5.41) is 0.600. The van der Waals surface area contributed by atoms with Crippen LogP contribution >= 0.6 is 11.6 Å². The molecule has 4 nitrogen and oxygen atoms in total. The van der Waals surface area contributed by atoms with Gasteiger partial charge in [0.2, 0.25) is 5.95 Å². The molecule has 0 amide bonds. The lowest BCUT2D eigenvalue weighted by Gasteiger charge is -2.26. The summed E-state index contributed by atoms with van der Waals surface area (Å²) in [6.07, 6.45) is 8.24.